The molecule has 0 saturated carbocycles. The molecule has 0 unspecified atom stereocenters. The van der Waals surface area contributed by atoms with Crippen molar-refractivity contribution in [2.75, 3.05) is 31.1 Å². The van der Waals surface area contributed by atoms with Crippen molar-refractivity contribution in [1.29, 1.82) is 0 Å². The molecule has 0 spiro atoms. The molecule has 4 rings (SSSR count). The normalized spacial score (nSPS) is 13.3. The van der Waals surface area contributed by atoms with E-state index >= 15 is 0 Å². The molecule has 2 aromatic carbocycles. The molecule has 1 aliphatic heterocycles. The third-order valence-electron chi connectivity index (χ3n) is 5.12. The molecule has 1 fully saturated rings. The monoisotopic (exact) mass is 402 g/mol. The summed E-state index contributed by atoms with van der Waals surface area (Å²) in [6.07, 6.45) is 2.38. The molecule has 1 aliphatic rings. The van der Waals surface area contributed by atoms with Crippen molar-refractivity contribution in [3.8, 4) is 17.0 Å². The minimum Gasteiger partial charge on any atom is -0.476 e. The quantitative estimate of drug-likeness (QED) is 0.608. The summed E-state index contributed by atoms with van der Waals surface area (Å²) < 4.78 is 5.76. The number of carbonyl (C=O) groups excluding carboxylic acids is 1. The molecule has 0 atom stereocenters. The number of anilines is 1. The van der Waals surface area contributed by atoms with Crippen molar-refractivity contribution in [2.45, 2.75) is 19.8 Å². The fraction of sp³-hybridized carbons (Fsp3) is 0.292. The van der Waals surface area contributed by atoms with E-state index in [9.17, 15) is 4.79 Å². The van der Waals surface area contributed by atoms with Gasteiger partial charge in [0.2, 0.25) is 5.88 Å². The van der Waals surface area contributed by atoms with E-state index in [1.807, 2.05) is 55.5 Å². The Kier molecular flexibility index (Phi) is 6.23. The zero-order chi connectivity index (χ0) is 20.8. The van der Waals surface area contributed by atoms with Crippen LogP contribution in [0.1, 0.15) is 29.0 Å². The Balaban J connectivity index is 1.28. The molecule has 0 aliphatic carbocycles. The molecular weight excluding hydrogens is 376 g/mol. The third-order valence-corrected chi connectivity index (χ3v) is 5.12. The Morgan fingerprint density at radius 3 is 2.43 bits per heavy atom. The number of amides is 1. The maximum absolute atomic E-state index is 12.4. The van der Waals surface area contributed by atoms with Crippen molar-refractivity contribution in [2.24, 2.45) is 0 Å². The van der Waals surface area contributed by atoms with Gasteiger partial charge in [-0.25, -0.2) is 4.98 Å². The highest BCUT2D eigenvalue weighted by atomic mass is 16.5. The average molecular weight is 402 g/mol. The minimum absolute atomic E-state index is 0.116. The highest BCUT2D eigenvalue weighted by molar-refractivity contribution is 5.94. The average Bonchev–Trinajstić information content (AvgIpc) is 3.32. The molecule has 30 heavy (non-hydrogen) atoms. The lowest BCUT2D eigenvalue weighted by Gasteiger charge is -2.17. The van der Waals surface area contributed by atoms with E-state index in [0.717, 1.165) is 30.0 Å². The molecule has 1 N–H and O–H groups in total. The van der Waals surface area contributed by atoms with Gasteiger partial charge in [-0.05, 0) is 43.0 Å². The van der Waals surface area contributed by atoms with Crippen LogP contribution in [-0.2, 0) is 0 Å². The third kappa shape index (κ3) is 4.95. The Morgan fingerprint density at radius 1 is 1.00 bits per heavy atom. The first-order chi connectivity index (χ1) is 14.7. The molecule has 0 bridgehead atoms. The predicted octanol–water partition coefficient (Wildman–Crippen LogP) is 3.86. The first-order valence-electron chi connectivity index (χ1n) is 10.4. The van der Waals surface area contributed by atoms with Gasteiger partial charge in [0.25, 0.3) is 5.91 Å². The number of ether oxygens (including phenoxy) is 1. The van der Waals surface area contributed by atoms with Gasteiger partial charge in [-0.3, -0.25) is 4.79 Å². The summed E-state index contributed by atoms with van der Waals surface area (Å²) >= 11 is 0. The number of nitrogens with one attached hydrogen (secondary N) is 1. The predicted molar refractivity (Wildman–Crippen MR) is 118 cm³/mol. The molecule has 2 heterocycles. The fourth-order valence-corrected chi connectivity index (χ4v) is 3.57. The van der Waals surface area contributed by atoms with Crippen molar-refractivity contribution in [1.82, 2.24) is 15.3 Å². The second kappa shape index (κ2) is 9.39. The maximum atomic E-state index is 12.4. The highest BCUT2D eigenvalue weighted by Gasteiger charge is 2.15. The number of carbonyl (C=O) groups is 1. The van der Waals surface area contributed by atoms with E-state index < -0.39 is 0 Å². The lowest BCUT2D eigenvalue weighted by atomic mass is 10.0. The van der Waals surface area contributed by atoms with Crippen LogP contribution in [0, 0.1) is 6.92 Å². The Hall–Kier alpha value is -3.41. The lowest BCUT2D eigenvalue weighted by molar-refractivity contribution is 0.0946. The van der Waals surface area contributed by atoms with Crippen LogP contribution in [0.4, 0.5) is 5.82 Å². The zero-order valence-electron chi connectivity index (χ0n) is 17.2. The van der Waals surface area contributed by atoms with Crippen molar-refractivity contribution in [3.63, 3.8) is 0 Å². The Bertz CT molecular complexity index is 984. The highest BCUT2D eigenvalue weighted by Crippen LogP contribution is 2.22. The molecule has 3 aromatic rings. The van der Waals surface area contributed by atoms with Crippen LogP contribution in [0.15, 0.2) is 60.7 Å². The topological polar surface area (TPSA) is 67.3 Å². The standard InChI is InChI=1S/C24H26N4O2/c1-18-26-22(28-14-5-6-15-28)17-23(27-18)30-16-13-25-24(29)21-11-9-20(10-12-21)19-7-3-2-4-8-19/h2-4,7-12,17H,5-6,13-16H2,1H3,(H,25,29). The minimum atomic E-state index is -0.116. The van der Waals surface area contributed by atoms with Crippen molar-refractivity contribution in [3.05, 3.63) is 72.1 Å². The van der Waals surface area contributed by atoms with Crippen LogP contribution >= 0.6 is 0 Å². The summed E-state index contributed by atoms with van der Waals surface area (Å²) in [5, 5.41) is 2.90. The van der Waals surface area contributed by atoms with Crippen LogP contribution in [0.25, 0.3) is 11.1 Å². The largest absolute Gasteiger partial charge is 0.476 e. The second-order valence-electron chi connectivity index (χ2n) is 7.35. The first kappa shape index (κ1) is 19.9. The van der Waals surface area contributed by atoms with E-state index in [2.05, 4.69) is 32.3 Å². The van der Waals surface area contributed by atoms with E-state index in [-0.39, 0.29) is 5.91 Å². The van der Waals surface area contributed by atoms with Gasteiger partial charge in [0.1, 0.15) is 18.2 Å². The smallest absolute Gasteiger partial charge is 0.251 e. The van der Waals surface area contributed by atoms with Gasteiger partial charge in [-0.2, -0.15) is 4.98 Å². The van der Waals surface area contributed by atoms with Crippen LogP contribution in [0.5, 0.6) is 5.88 Å². The molecule has 0 radical (unpaired) electrons. The van der Waals surface area contributed by atoms with Crippen molar-refractivity contribution >= 4 is 11.7 Å². The summed E-state index contributed by atoms with van der Waals surface area (Å²) in [6.45, 7) is 4.67. The van der Waals surface area contributed by atoms with E-state index in [0.29, 0.717) is 30.4 Å². The molecule has 6 heteroatoms. The molecular formula is C24H26N4O2. The Morgan fingerprint density at radius 2 is 1.70 bits per heavy atom. The first-order valence-corrected chi connectivity index (χ1v) is 10.4. The summed E-state index contributed by atoms with van der Waals surface area (Å²) in [6, 6.07) is 19.6. The van der Waals surface area contributed by atoms with Gasteiger partial charge in [0.05, 0.1) is 6.54 Å². The number of aryl methyl sites for hydroxylation is 1. The summed E-state index contributed by atoms with van der Waals surface area (Å²) in [5.41, 5.74) is 2.85. The fourth-order valence-electron chi connectivity index (χ4n) is 3.57. The second-order valence-corrected chi connectivity index (χ2v) is 7.35. The number of rotatable bonds is 7. The maximum Gasteiger partial charge on any atom is 0.251 e. The van der Waals surface area contributed by atoms with Crippen LogP contribution in [0.2, 0.25) is 0 Å². The van der Waals surface area contributed by atoms with Crippen LogP contribution in [0.3, 0.4) is 0 Å². The zero-order valence-corrected chi connectivity index (χ0v) is 17.2. The van der Waals surface area contributed by atoms with E-state index in [4.69, 9.17) is 4.74 Å². The molecule has 154 valence electrons. The Labute approximate surface area is 176 Å². The summed E-state index contributed by atoms with van der Waals surface area (Å²) in [7, 11) is 0. The SMILES string of the molecule is Cc1nc(OCCNC(=O)c2ccc(-c3ccccc3)cc2)cc(N2CCCC2)n1. The molecule has 6 nitrogen and oxygen atoms in total. The number of hydrogen-bond donors (Lipinski definition) is 1. The van der Waals surface area contributed by atoms with Gasteiger partial charge >= 0.3 is 0 Å². The molecule has 1 aromatic heterocycles. The van der Waals surface area contributed by atoms with Crippen molar-refractivity contribution < 1.29 is 9.53 Å². The van der Waals surface area contributed by atoms with Crippen LogP contribution in [-0.4, -0.2) is 42.1 Å². The van der Waals surface area contributed by atoms with E-state index in [1.54, 1.807) is 0 Å². The molecule has 1 saturated heterocycles. The van der Waals surface area contributed by atoms with Gasteiger partial charge < -0.3 is 15.0 Å². The van der Waals surface area contributed by atoms with Gasteiger partial charge in [-0.1, -0.05) is 42.5 Å². The summed E-state index contributed by atoms with van der Waals surface area (Å²) in [4.78, 5) is 23.5. The number of nitrogens with zero attached hydrogens (tertiary/aromatic N) is 3. The number of hydrogen-bond acceptors (Lipinski definition) is 5. The van der Waals surface area contributed by atoms with E-state index in [1.165, 1.54) is 12.8 Å². The number of benzene rings is 2. The van der Waals surface area contributed by atoms with Gasteiger partial charge in [-0.15, -0.1) is 0 Å². The number of aromatic nitrogens is 2. The lowest BCUT2D eigenvalue weighted by Crippen LogP contribution is -2.28. The molecule has 1 amide bonds. The van der Waals surface area contributed by atoms with Gasteiger partial charge in [0.15, 0.2) is 0 Å². The van der Waals surface area contributed by atoms with Gasteiger partial charge in [0, 0.05) is 24.7 Å². The van der Waals surface area contributed by atoms with Crippen LogP contribution < -0.4 is 15.0 Å². The summed E-state index contributed by atoms with van der Waals surface area (Å²) in [5.74, 6) is 2.04.